The molecule has 1 aliphatic heterocycles. The molecule has 0 saturated carbocycles. The number of alkyl halides is 3. The summed E-state index contributed by atoms with van der Waals surface area (Å²) in [6.45, 7) is 8.48. The lowest BCUT2D eigenvalue weighted by molar-refractivity contribution is -0.137. The van der Waals surface area contributed by atoms with Crippen LogP contribution in [-0.2, 0) is 24.4 Å². The molecule has 8 nitrogen and oxygen atoms in total. The van der Waals surface area contributed by atoms with Crippen molar-refractivity contribution in [1.82, 2.24) is 24.3 Å². The zero-order chi connectivity index (χ0) is 30.0. The maximum Gasteiger partial charge on any atom is 0.417 e. The van der Waals surface area contributed by atoms with E-state index in [1.807, 2.05) is 6.07 Å². The van der Waals surface area contributed by atoms with Crippen LogP contribution in [0.15, 0.2) is 54.7 Å². The van der Waals surface area contributed by atoms with Gasteiger partial charge in [0.25, 0.3) is 0 Å². The molecular formula is C30H32ClF3N6O2. The fourth-order valence-corrected chi connectivity index (χ4v) is 5.29. The second-order valence-corrected chi connectivity index (χ2v) is 11.1. The monoisotopic (exact) mass is 600 g/mol. The van der Waals surface area contributed by atoms with E-state index in [1.54, 1.807) is 42.1 Å². The first-order chi connectivity index (χ1) is 20.0. The molecule has 2 aromatic carbocycles. The number of fused-ring (bicyclic) bond motifs is 1. The van der Waals surface area contributed by atoms with Crippen LogP contribution in [0.3, 0.4) is 0 Å². The van der Waals surface area contributed by atoms with Crippen molar-refractivity contribution in [3.63, 3.8) is 0 Å². The second-order valence-electron chi connectivity index (χ2n) is 10.7. The summed E-state index contributed by atoms with van der Waals surface area (Å²) in [5.74, 6) is 1.62. The molecule has 3 heterocycles. The van der Waals surface area contributed by atoms with Gasteiger partial charge in [0, 0.05) is 63.3 Å². The van der Waals surface area contributed by atoms with Crippen molar-refractivity contribution in [1.29, 1.82) is 0 Å². The van der Waals surface area contributed by atoms with E-state index in [2.05, 4.69) is 38.9 Å². The summed E-state index contributed by atoms with van der Waals surface area (Å²) < 4.78 is 47.0. The minimum absolute atomic E-state index is 0.113. The Balaban J connectivity index is 1.23. The fourth-order valence-electron chi connectivity index (χ4n) is 5.00. The standard InChI is InChI=1S/C30H32ClF3N6O2/c1-19(2)40-12-10-39(11-13-40)18-22(41)14-21-15-24(8-9-35-21)42-23-5-7-28-27(17-23)37-29(38(28)3)36-20-4-6-25(26(31)16-20)30(32,33)34/h4-9,15-17,19H,10-14,18H2,1-3H3,(H,36,37). The molecule has 1 aliphatic rings. The summed E-state index contributed by atoms with van der Waals surface area (Å²) in [5.41, 5.74) is 1.53. The van der Waals surface area contributed by atoms with E-state index in [0.717, 1.165) is 37.8 Å². The molecule has 0 spiro atoms. The number of aromatic nitrogens is 3. The molecule has 12 heteroatoms. The summed E-state index contributed by atoms with van der Waals surface area (Å²) >= 11 is 5.86. The number of rotatable bonds is 9. The van der Waals surface area contributed by atoms with Crippen LogP contribution < -0.4 is 10.1 Å². The molecule has 5 rings (SSSR count). The highest BCUT2D eigenvalue weighted by molar-refractivity contribution is 6.31. The van der Waals surface area contributed by atoms with E-state index in [0.29, 0.717) is 46.9 Å². The molecule has 4 aromatic rings. The Bertz CT molecular complexity index is 1580. The maximum atomic E-state index is 13.0. The van der Waals surface area contributed by atoms with Gasteiger partial charge in [-0.3, -0.25) is 19.6 Å². The Kier molecular flexibility index (Phi) is 8.72. The minimum atomic E-state index is -4.53. The summed E-state index contributed by atoms with van der Waals surface area (Å²) in [5, 5.41) is 2.63. The number of anilines is 2. The number of ether oxygens (including phenoxy) is 1. The first-order valence-electron chi connectivity index (χ1n) is 13.7. The van der Waals surface area contributed by atoms with Gasteiger partial charge in [-0.2, -0.15) is 13.2 Å². The van der Waals surface area contributed by atoms with Gasteiger partial charge in [0.05, 0.1) is 40.3 Å². The number of carbonyl (C=O) groups excluding carboxylic acids is 1. The fraction of sp³-hybridized carbons (Fsp3) is 0.367. The van der Waals surface area contributed by atoms with Gasteiger partial charge in [-0.15, -0.1) is 0 Å². The molecule has 0 atom stereocenters. The molecule has 222 valence electrons. The number of aryl methyl sites for hydroxylation is 1. The van der Waals surface area contributed by atoms with Crippen LogP contribution in [0.5, 0.6) is 11.5 Å². The minimum Gasteiger partial charge on any atom is -0.457 e. The van der Waals surface area contributed by atoms with Crippen LogP contribution in [-0.4, -0.2) is 68.9 Å². The highest BCUT2D eigenvalue weighted by Gasteiger charge is 2.33. The maximum absolute atomic E-state index is 13.0. The first kappa shape index (κ1) is 29.8. The SMILES string of the molecule is CC(C)N1CCN(CC(=O)Cc2cc(Oc3ccc4c(c3)nc(Nc3ccc(C(F)(F)F)c(Cl)c3)n4C)ccn2)CC1. The van der Waals surface area contributed by atoms with Crippen molar-refractivity contribution >= 4 is 40.1 Å². The molecule has 0 unspecified atom stereocenters. The van der Waals surface area contributed by atoms with Crippen molar-refractivity contribution in [2.75, 3.05) is 38.0 Å². The number of piperazine rings is 1. The number of ketones is 1. The first-order valence-corrected chi connectivity index (χ1v) is 14.0. The third kappa shape index (κ3) is 7.03. The van der Waals surface area contributed by atoms with Gasteiger partial charge in [0.2, 0.25) is 5.95 Å². The van der Waals surface area contributed by atoms with Crippen molar-refractivity contribution in [3.05, 3.63) is 71.0 Å². The van der Waals surface area contributed by atoms with E-state index in [-0.39, 0.29) is 12.2 Å². The predicted octanol–water partition coefficient (Wildman–Crippen LogP) is 6.31. The predicted molar refractivity (Wildman–Crippen MR) is 157 cm³/mol. The van der Waals surface area contributed by atoms with E-state index >= 15 is 0 Å². The van der Waals surface area contributed by atoms with Gasteiger partial charge in [-0.1, -0.05) is 11.6 Å². The highest BCUT2D eigenvalue weighted by atomic mass is 35.5. The molecule has 0 radical (unpaired) electrons. The van der Waals surface area contributed by atoms with Crippen LogP contribution in [0.1, 0.15) is 25.1 Å². The molecule has 0 bridgehead atoms. The number of pyridine rings is 1. The number of benzene rings is 2. The van der Waals surface area contributed by atoms with Crippen molar-refractivity contribution in [2.45, 2.75) is 32.5 Å². The lowest BCUT2D eigenvalue weighted by Gasteiger charge is -2.36. The van der Waals surface area contributed by atoms with Crippen LogP contribution >= 0.6 is 11.6 Å². The van der Waals surface area contributed by atoms with Crippen molar-refractivity contribution in [3.8, 4) is 11.5 Å². The Morgan fingerprint density at radius 3 is 2.48 bits per heavy atom. The Morgan fingerprint density at radius 2 is 1.79 bits per heavy atom. The Morgan fingerprint density at radius 1 is 1.05 bits per heavy atom. The summed E-state index contributed by atoms with van der Waals surface area (Å²) in [6.07, 6.45) is -2.68. The smallest absolute Gasteiger partial charge is 0.417 e. The van der Waals surface area contributed by atoms with Gasteiger partial charge in [-0.25, -0.2) is 4.98 Å². The molecule has 1 saturated heterocycles. The van der Waals surface area contributed by atoms with Gasteiger partial charge in [0.1, 0.15) is 11.5 Å². The second kappa shape index (κ2) is 12.3. The van der Waals surface area contributed by atoms with Crippen LogP contribution in [0, 0.1) is 0 Å². The Hall–Kier alpha value is -3.67. The van der Waals surface area contributed by atoms with Gasteiger partial charge in [-0.05, 0) is 50.2 Å². The van der Waals surface area contributed by atoms with Crippen molar-refractivity contribution < 1.29 is 22.7 Å². The van der Waals surface area contributed by atoms with E-state index in [9.17, 15) is 18.0 Å². The number of halogens is 4. The van der Waals surface area contributed by atoms with Gasteiger partial charge < -0.3 is 14.6 Å². The third-order valence-corrected chi connectivity index (χ3v) is 7.63. The van der Waals surface area contributed by atoms with Crippen LogP contribution in [0.4, 0.5) is 24.8 Å². The highest BCUT2D eigenvalue weighted by Crippen LogP contribution is 2.36. The molecule has 0 aliphatic carbocycles. The molecular weight excluding hydrogens is 569 g/mol. The van der Waals surface area contributed by atoms with E-state index < -0.39 is 16.8 Å². The van der Waals surface area contributed by atoms with Gasteiger partial charge >= 0.3 is 6.18 Å². The summed E-state index contributed by atoms with van der Waals surface area (Å²) in [6, 6.07) is 12.9. The van der Waals surface area contributed by atoms with Gasteiger partial charge in [0.15, 0.2) is 5.78 Å². The summed E-state index contributed by atoms with van der Waals surface area (Å²) in [7, 11) is 1.79. The normalized spacial score (nSPS) is 15.0. The topological polar surface area (TPSA) is 75.5 Å². The zero-order valence-electron chi connectivity index (χ0n) is 23.6. The molecule has 1 N–H and O–H groups in total. The molecule has 0 amide bonds. The molecule has 2 aromatic heterocycles. The quantitative estimate of drug-likeness (QED) is 0.241. The Labute approximate surface area is 247 Å². The van der Waals surface area contributed by atoms with Crippen LogP contribution in [0.25, 0.3) is 11.0 Å². The number of carbonyl (C=O) groups is 1. The number of nitrogens with zero attached hydrogens (tertiary/aromatic N) is 5. The third-order valence-electron chi connectivity index (χ3n) is 7.32. The van der Waals surface area contributed by atoms with Crippen molar-refractivity contribution in [2.24, 2.45) is 7.05 Å². The lowest BCUT2D eigenvalue weighted by Crippen LogP contribution is -2.50. The average Bonchev–Trinajstić information content (AvgIpc) is 3.22. The van der Waals surface area contributed by atoms with Crippen LogP contribution in [0.2, 0.25) is 5.02 Å². The number of hydrogen-bond donors (Lipinski definition) is 1. The number of nitrogens with one attached hydrogen (secondary N) is 1. The lowest BCUT2D eigenvalue weighted by atomic mass is 10.1. The largest absolute Gasteiger partial charge is 0.457 e. The summed E-state index contributed by atoms with van der Waals surface area (Å²) in [4.78, 5) is 26.3. The molecule has 1 fully saturated rings. The molecule has 42 heavy (non-hydrogen) atoms. The number of imidazole rings is 1. The number of hydrogen-bond acceptors (Lipinski definition) is 7. The average molecular weight is 601 g/mol. The van der Waals surface area contributed by atoms with E-state index in [1.165, 1.54) is 12.1 Å². The zero-order valence-corrected chi connectivity index (χ0v) is 24.3. The number of Topliss-reactive ketones (excluding diaryl/α,β-unsaturated/α-hetero) is 1. The van der Waals surface area contributed by atoms with E-state index in [4.69, 9.17) is 16.3 Å².